The van der Waals surface area contributed by atoms with Gasteiger partial charge >= 0.3 is 0 Å². The highest BCUT2D eigenvalue weighted by Crippen LogP contribution is 2.24. The van der Waals surface area contributed by atoms with Gasteiger partial charge in [-0.2, -0.15) is 5.10 Å². The minimum atomic E-state index is -0.161. The minimum Gasteiger partial charge on any atom is -0.367 e. The quantitative estimate of drug-likeness (QED) is 0.813. The van der Waals surface area contributed by atoms with Crippen molar-refractivity contribution in [3.8, 4) is 0 Å². The third-order valence-electron chi connectivity index (χ3n) is 4.81. The number of carbonyl (C=O) groups excluding carboxylic acids is 1. The molecule has 0 aliphatic heterocycles. The summed E-state index contributed by atoms with van der Waals surface area (Å²) in [7, 11) is 5.65. The molecule has 0 saturated heterocycles. The fraction of sp³-hybridized carbons (Fsp3) is 0.556. The van der Waals surface area contributed by atoms with E-state index in [1.54, 1.807) is 7.05 Å². The number of halogens is 1. The van der Waals surface area contributed by atoms with Crippen LogP contribution in [0.2, 0.25) is 5.15 Å². The van der Waals surface area contributed by atoms with Crippen LogP contribution < -0.4 is 15.5 Å². The number of nitrogens with one attached hydrogen (secondary N) is 2. The summed E-state index contributed by atoms with van der Waals surface area (Å²) in [5.74, 6) is 2.32. The average Bonchev–Trinajstić information content (AvgIpc) is 2.95. The Bertz CT molecular complexity index is 812. The largest absolute Gasteiger partial charge is 0.367 e. The van der Waals surface area contributed by atoms with Crippen molar-refractivity contribution in [2.24, 2.45) is 7.05 Å². The molecular formula is C18H26ClN7O. The summed E-state index contributed by atoms with van der Waals surface area (Å²) in [5.41, 5.74) is 0.423. The molecule has 3 rings (SSSR count). The summed E-state index contributed by atoms with van der Waals surface area (Å²) in [5, 5.41) is 11.0. The maximum atomic E-state index is 12.4. The Morgan fingerprint density at radius 3 is 2.48 bits per heavy atom. The molecule has 0 spiro atoms. The van der Waals surface area contributed by atoms with E-state index in [9.17, 15) is 4.79 Å². The summed E-state index contributed by atoms with van der Waals surface area (Å²) in [6.45, 7) is 1.90. The number of hydrogen-bond acceptors (Lipinski definition) is 6. The van der Waals surface area contributed by atoms with Crippen LogP contribution in [0.25, 0.3) is 0 Å². The third-order valence-corrected chi connectivity index (χ3v) is 5.26. The van der Waals surface area contributed by atoms with Crippen molar-refractivity contribution < 1.29 is 4.79 Å². The molecule has 1 fully saturated rings. The molecule has 2 heterocycles. The van der Waals surface area contributed by atoms with Crippen LogP contribution in [0.3, 0.4) is 0 Å². The first-order valence-electron chi connectivity index (χ1n) is 9.11. The van der Waals surface area contributed by atoms with Gasteiger partial charge in [0.25, 0.3) is 5.91 Å². The highest BCUT2D eigenvalue weighted by atomic mass is 35.5. The summed E-state index contributed by atoms with van der Waals surface area (Å²) < 4.78 is 1.49. The van der Waals surface area contributed by atoms with Gasteiger partial charge in [-0.1, -0.05) is 11.6 Å². The lowest BCUT2D eigenvalue weighted by molar-refractivity contribution is 0.0926. The van der Waals surface area contributed by atoms with Gasteiger partial charge in [0.05, 0.1) is 11.8 Å². The Morgan fingerprint density at radius 1 is 1.22 bits per heavy atom. The van der Waals surface area contributed by atoms with E-state index in [4.69, 9.17) is 11.6 Å². The highest BCUT2D eigenvalue weighted by Gasteiger charge is 2.24. The molecule has 0 aromatic carbocycles. The first kappa shape index (κ1) is 19.4. The number of aromatic nitrogens is 4. The van der Waals surface area contributed by atoms with Gasteiger partial charge in [-0.25, -0.2) is 9.97 Å². The molecule has 2 N–H and O–H groups in total. The van der Waals surface area contributed by atoms with Gasteiger partial charge in [-0.3, -0.25) is 9.48 Å². The number of aryl methyl sites for hydroxylation is 2. The fourth-order valence-electron chi connectivity index (χ4n) is 3.28. The predicted molar refractivity (Wildman–Crippen MR) is 106 cm³/mol. The third kappa shape index (κ3) is 4.68. The Morgan fingerprint density at radius 2 is 1.89 bits per heavy atom. The Balaban J connectivity index is 1.53. The minimum absolute atomic E-state index is 0.149. The molecule has 8 nitrogen and oxygen atoms in total. The lowest BCUT2D eigenvalue weighted by Gasteiger charge is -2.30. The van der Waals surface area contributed by atoms with Crippen molar-refractivity contribution in [1.29, 1.82) is 0 Å². The van der Waals surface area contributed by atoms with Crippen LogP contribution in [-0.2, 0) is 7.05 Å². The molecule has 0 unspecified atom stereocenters. The SMILES string of the molecule is Cc1nc(NC2CCC(NC(=O)c3cnn(C)c3Cl)CC2)cc(N(C)C)n1. The second-order valence-electron chi connectivity index (χ2n) is 7.19. The summed E-state index contributed by atoms with van der Waals surface area (Å²) in [6, 6.07) is 2.45. The summed E-state index contributed by atoms with van der Waals surface area (Å²) in [6.07, 6.45) is 5.25. The first-order chi connectivity index (χ1) is 12.8. The molecule has 9 heteroatoms. The highest BCUT2D eigenvalue weighted by molar-refractivity contribution is 6.32. The molecule has 0 radical (unpaired) electrons. The molecule has 1 amide bonds. The topological polar surface area (TPSA) is 88.0 Å². The van der Waals surface area contributed by atoms with Crippen LogP contribution in [0.1, 0.15) is 41.9 Å². The fourth-order valence-corrected chi connectivity index (χ4v) is 3.46. The molecule has 2 aromatic heterocycles. The second kappa shape index (κ2) is 8.12. The molecule has 0 atom stereocenters. The second-order valence-corrected chi connectivity index (χ2v) is 7.55. The number of nitrogens with zero attached hydrogens (tertiary/aromatic N) is 5. The van der Waals surface area contributed by atoms with Crippen molar-refractivity contribution >= 4 is 29.1 Å². The standard InChI is InChI=1S/C18H26ClN7O/c1-11-21-15(9-16(22-11)25(2)3)23-12-5-7-13(8-6-12)24-18(27)14-10-20-26(4)17(14)19/h9-10,12-13H,5-8H2,1-4H3,(H,24,27)(H,21,22,23). The van der Waals surface area contributed by atoms with E-state index in [0.29, 0.717) is 16.8 Å². The van der Waals surface area contributed by atoms with Gasteiger partial charge in [-0.05, 0) is 32.6 Å². The van der Waals surface area contributed by atoms with Crippen LogP contribution in [0.5, 0.6) is 0 Å². The molecule has 1 aliphatic rings. The molecule has 1 aliphatic carbocycles. The van der Waals surface area contributed by atoms with E-state index in [0.717, 1.165) is 43.1 Å². The predicted octanol–water partition coefficient (Wildman–Crippen LogP) is 2.39. The monoisotopic (exact) mass is 391 g/mol. The average molecular weight is 392 g/mol. The lowest BCUT2D eigenvalue weighted by Crippen LogP contribution is -2.40. The van der Waals surface area contributed by atoms with E-state index >= 15 is 0 Å². The van der Waals surface area contributed by atoms with Gasteiger partial charge in [0, 0.05) is 39.3 Å². The summed E-state index contributed by atoms with van der Waals surface area (Å²) in [4.78, 5) is 23.2. The molecule has 2 aromatic rings. The van der Waals surface area contributed by atoms with Crippen molar-refractivity contribution in [3.05, 3.63) is 28.8 Å². The van der Waals surface area contributed by atoms with Crippen LogP contribution in [0.4, 0.5) is 11.6 Å². The number of anilines is 2. The molecule has 146 valence electrons. The van der Waals surface area contributed by atoms with E-state index in [-0.39, 0.29) is 11.9 Å². The van der Waals surface area contributed by atoms with Crippen molar-refractivity contribution in [3.63, 3.8) is 0 Å². The van der Waals surface area contributed by atoms with Gasteiger partial charge in [-0.15, -0.1) is 0 Å². The first-order valence-corrected chi connectivity index (χ1v) is 9.49. The number of amides is 1. The van der Waals surface area contributed by atoms with Gasteiger partial charge in [0.1, 0.15) is 22.6 Å². The Hall–Kier alpha value is -2.35. The Labute approximate surface area is 164 Å². The number of hydrogen-bond donors (Lipinski definition) is 2. The molecule has 1 saturated carbocycles. The van der Waals surface area contributed by atoms with E-state index in [1.807, 2.05) is 32.0 Å². The lowest BCUT2D eigenvalue weighted by atomic mass is 9.91. The van der Waals surface area contributed by atoms with Crippen LogP contribution in [0.15, 0.2) is 12.3 Å². The van der Waals surface area contributed by atoms with E-state index < -0.39 is 0 Å². The van der Waals surface area contributed by atoms with Gasteiger partial charge < -0.3 is 15.5 Å². The molecule has 0 bridgehead atoms. The zero-order valence-corrected chi connectivity index (χ0v) is 16.9. The number of rotatable bonds is 5. The maximum absolute atomic E-state index is 12.4. The van der Waals surface area contributed by atoms with Crippen molar-refractivity contribution in [1.82, 2.24) is 25.1 Å². The maximum Gasteiger partial charge on any atom is 0.256 e. The van der Waals surface area contributed by atoms with Gasteiger partial charge in [0.15, 0.2) is 0 Å². The summed E-state index contributed by atoms with van der Waals surface area (Å²) >= 11 is 6.10. The van der Waals surface area contributed by atoms with E-state index in [1.165, 1.54) is 10.9 Å². The normalized spacial score (nSPS) is 19.6. The van der Waals surface area contributed by atoms with Crippen LogP contribution in [-0.4, -0.2) is 51.8 Å². The zero-order valence-electron chi connectivity index (χ0n) is 16.2. The van der Waals surface area contributed by atoms with E-state index in [2.05, 4.69) is 25.7 Å². The molecule has 27 heavy (non-hydrogen) atoms. The van der Waals surface area contributed by atoms with Crippen molar-refractivity contribution in [2.75, 3.05) is 24.3 Å². The smallest absolute Gasteiger partial charge is 0.256 e. The number of carbonyl (C=O) groups is 1. The molecular weight excluding hydrogens is 366 g/mol. The zero-order chi connectivity index (χ0) is 19.6. The van der Waals surface area contributed by atoms with Crippen molar-refractivity contribution in [2.45, 2.75) is 44.7 Å². The van der Waals surface area contributed by atoms with Crippen LogP contribution in [0, 0.1) is 6.92 Å². The van der Waals surface area contributed by atoms with Gasteiger partial charge in [0.2, 0.25) is 0 Å². The Kier molecular flexibility index (Phi) is 5.84. The van der Waals surface area contributed by atoms with Crippen LogP contribution >= 0.6 is 11.6 Å².